The van der Waals surface area contributed by atoms with Gasteiger partial charge in [-0.1, -0.05) is 11.6 Å². The quantitative estimate of drug-likeness (QED) is 0.388. The Morgan fingerprint density at radius 1 is 1.05 bits per heavy atom. The summed E-state index contributed by atoms with van der Waals surface area (Å²) in [5, 5.41) is 21.5. The number of halogens is 4. The van der Waals surface area contributed by atoms with E-state index in [-0.39, 0.29) is 34.0 Å². The lowest BCUT2D eigenvalue weighted by molar-refractivity contribution is -0.158. The van der Waals surface area contributed by atoms with Gasteiger partial charge in [0.1, 0.15) is 11.7 Å². The van der Waals surface area contributed by atoms with Crippen LogP contribution in [0, 0.1) is 29.3 Å². The molecule has 198 valence electrons. The zero-order valence-corrected chi connectivity index (χ0v) is 20.5. The first-order chi connectivity index (χ1) is 17.3. The Balaban J connectivity index is 1.42. The van der Waals surface area contributed by atoms with Crippen molar-refractivity contribution in [3.8, 4) is 0 Å². The number of sulfone groups is 1. The second-order valence-corrected chi connectivity index (χ2v) is 12.2. The van der Waals surface area contributed by atoms with Crippen LogP contribution < -0.4 is 5.32 Å². The Bertz CT molecular complexity index is 1380. The van der Waals surface area contributed by atoms with Crippen LogP contribution in [-0.4, -0.2) is 53.6 Å². The number of esters is 1. The summed E-state index contributed by atoms with van der Waals surface area (Å²) in [7, 11) is -4.13. The van der Waals surface area contributed by atoms with E-state index in [1.807, 2.05) is 0 Å². The van der Waals surface area contributed by atoms with Crippen molar-refractivity contribution in [1.29, 1.82) is 0 Å². The highest BCUT2D eigenvalue weighted by Gasteiger charge is 2.63. The molecule has 2 aliphatic carbocycles. The minimum absolute atomic E-state index is 0.0385. The average Bonchev–Trinajstić information content (AvgIpc) is 3.23. The fourth-order valence-electron chi connectivity index (χ4n) is 5.96. The molecule has 5 rings (SSSR count). The van der Waals surface area contributed by atoms with Crippen LogP contribution in [0.4, 0.5) is 18.9 Å². The van der Waals surface area contributed by atoms with E-state index in [2.05, 4.69) is 5.32 Å². The monoisotopic (exact) mass is 559 g/mol. The SMILES string of the molecule is O=C(Nc1cc(F)c(F)c(F)c1)c1ccc(Cl)c(S(=O)(=O)C2C3CC[C@H]2C[C@]2(C3)OC(=O)[C@@H](O)[C@@H]2O)c1. The molecule has 0 radical (unpaired) electrons. The maximum atomic E-state index is 13.8. The summed E-state index contributed by atoms with van der Waals surface area (Å²) < 4.78 is 73.1. The zero-order chi connectivity index (χ0) is 26.9. The van der Waals surface area contributed by atoms with Gasteiger partial charge in [-0.15, -0.1) is 0 Å². The van der Waals surface area contributed by atoms with E-state index in [0.717, 1.165) is 6.07 Å². The number of hydrogen-bond donors (Lipinski definition) is 3. The molecule has 1 aliphatic heterocycles. The van der Waals surface area contributed by atoms with Crippen LogP contribution in [0.15, 0.2) is 35.2 Å². The number of benzene rings is 2. The lowest BCUT2D eigenvalue weighted by Crippen LogP contribution is -2.52. The number of rotatable bonds is 4. The van der Waals surface area contributed by atoms with Gasteiger partial charge in [-0.05, 0) is 55.7 Å². The number of ether oxygens (including phenoxy) is 1. The van der Waals surface area contributed by atoms with Crippen molar-refractivity contribution in [1.82, 2.24) is 0 Å². The number of nitrogens with one attached hydrogen (secondary N) is 1. The number of amides is 1. The molecule has 2 saturated carbocycles. The van der Waals surface area contributed by atoms with E-state index >= 15 is 0 Å². The molecule has 3 fully saturated rings. The van der Waals surface area contributed by atoms with Crippen molar-refractivity contribution >= 4 is 39.0 Å². The number of carbonyl (C=O) groups excluding carboxylic acids is 2. The van der Waals surface area contributed by atoms with E-state index in [4.69, 9.17) is 16.3 Å². The smallest absolute Gasteiger partial charge is 0.338 e. The highest BCUT2D eigenvalue weighted by molar-refractivity contribution is 7.92. The molecule has 0 aromatic heterocycles. The van der Waals surface area contributed by atoms with Gasteiger partial charge < -0.3 is 20.3 Å². The Morgan fingerprint density at radius 2 is 1.65 bits per heavy atom. The van der Waals surface area contributed by atoms with Crippen molar-refractivity contribution in [3.05, 3.63) is 58.4 Å². The van der Waals surface area contributed by atoms with Crippen LogP contribution >= 0.6 is 11.6 Å². The van der Waals surface area contributed by atoms with Crippen LogP contribution in [0.5, 0.6) is 0 Å². The molecule has 2 bridgehead atoms. The van der Waals surface area contributed by atoms with E-state index in [0.29, 0.717) is 25.0 Å². The molecule has 2 aromatic carbocycles. The first-order valence-corrected chi connectivity index (χ1v) is 13.3. The average molecular weight is 560 g/mol. The third-order valence-corrected chi connectivity index (χ3v) is 10.4. The Hall–Kier alpha value is -2.67. The van der Waals surface area contributed by atoms with Crippen LogP contribution in [0.2, 0.25) is 5.02 Å². The van der Waals surface area contributed by atoms with Crippen LogP contribution in [-0.2, 0) is 19.4 Å². The van der Waals surface area contributed by atoms with Gasteiger partial charge in [0.15, 0.2) is 33.4 Å². The minimum atomic E-state index is -4.13. The summed E-state index contributed by atoms with van der Waals surface area (Å²) >= 11 is 6.23. The predicted molar refractivity (Wildman–Crippen MR) is 123 cm³/mol. The number of aliphatic hydroxyl groups excluding tert-OH is 2. The van der Waals surface area contributed by atoms with Crippen molar-refractivity contribution in [3.63, 3.8) is 0 Å². The minimum Gasteiger partial charge on any atom is -0.454 e. The van der Waals surface area contributed by atoms with Gasteiger partial charge >= 0.3 is 5.97 Å². The van der Waals surface area contributed by atoms with E-state index in [9.17, 15) is 41.4 Å². The van der Waals surface area contributed by atoms with Crippen molar-refractivity contribution in [2.45, 2.75) is 53.6 Å². The largest absolute Gasteiger partial charge is 0.454 e. The molecule has 1 saturated heterocycles. The topological polar surface area (TPSA) is 130 Å². The first-order valence-electron chi connectivity index (χ1n) is 11.4. The molecule has 8 nitrogen and oxygen atoms in total. The molecule has 3 N–H and O–H groups in total. The summed E-state index contributed by atoms with van der Waals surface area (Å²) in [5.41, 5.74) is -1.90. The molecule has 3 aliphatic rings. The molecule has 37 heavy (non-hydrogen) atoms. The summed E-state index contributed by atoms with van der Waals surface area (Å²) in [4.78, 5) is 24.2. The molecule has 2 unspecified atom stereocenters. The second-order valence-electron chi connectivity index (χ2n) is 9.74. The number of hydrogen-bond acceptors (Lipinski definition) is 7. The molecule has 6 atom stereocenters. The van der Waals surface area contributed by atoms with Gasteiger partial charge in [0.05, 0.1) is 15.2 Å². The molecule has 1 heterocycles. The van der Waals surface area contributed by atoms with Gasteiger partial charge in [-0.2, -0.15) is 0 Å². The number of carbonyl (C=O) groups is 2. The number of aliphatic hydroxyl groups is 2. The van der Waals surface area contributed by atoms with Gasteiger partial charge in [0.25, 0.3) is 5.91 Å². The maximum Gasteiger partial charge on any atom is 0.338 e. The summed E-state index contributed by atoms with van der Waals surface area (Å²) in [6, 6.07) is 4.66. The molecular formula is C24H21ClF3NO7S. The summed E-state index contributed by atoms with van der Waals surface area (Å²) in [6.45, 7) is 0. The molecule has 13 heteroatoms. The molecular weight excluding hydrogens is 539 g/mol. The third kappa shape index (κ3) is 4.19. The van der Waals surface area contributed by atoms with Gasteiger partial charge in [-0.25, -0.2) is 26.4 Å². The molecule has 2 aromatic rings. The van der Waals surface area contributed by atoms with Gasteiger partial charge in [0.2, 0.25) is 0 Å². The Kier molecular flexibility index (Phi) is 6.29. The van der Waals surface area contributed by atoms with Crippen molar-refractivity contribution in [2.75, 3.05) is 5.32 Å². The first kappa shape index (κ1) is 26.0. The van der Waals surface area contributed by atoms with Crippen molar-refractivity contribution < 1.29 is 46.1 Å². The summed E-state index contributed by atoms with van der Waals surface area (Å²) in [5.74, 6) is -7.58. The maximum absolute atomic E-state index is 13.8. The standard InChI is InChI=1S/C24H21ClF3NO7S/c25-14-4-3-10(22(32)29-13-6-15(26)18(28)16(27)7-13)5-17(14)37(34,35)20-11-1-2-12(20)9-24(8-11)21(31)19(30)23(33)36-24/h3-7,11-12,19-21,30-31H,1-2,8-9H2,(H,29,32)/t11-,12?,19-,20?,21-,24+/m0/s1. The Labute approximate surface area is 214 Å². The highest BCUT2D eigenvalue weighted by Crippen LogP contribution is 2.55. The fraction of sp³-hybridized carbons (Fsp3) is 0.417. The number of anilines is 1. The number of fused-ring (bicyclic) bond motifs is 2. The van der Waals surface area contributed by atoms with E-state index in [1.54, 1.807) is 0 Å². The predicted octanol–water partition coefficient (Wildman–Crippen LogP) is 2.99. The van der Waals surface area contributed by atoms with Crippen LogP contribution in [0.1, 0.15) is 36.0 Å². The van der Waals surface area contributed by atoms with E-state index < -0.39 is 74.1 Å². The molecule has 1 spiro atoms. The second kappa shape index (κ2) is 8.97. The lowest BCUT2D eigenvalue weighted by atomic mass is 9.74. The Morgan fingerprint density at radius 3 is 2.19 bits per heavy atom. The van der Waals surface area contributed by atoms with E-state index in [1.165, 1.54) is 12.1 Å². The molecule has 1 amide bonds. The van der Waals surface area contributed by atoms with Crippen LogP contribution in [0.3, 0.4) is 0 Å². The van der Waals surface area contributed by atoms with Crippen molar-refractivity contribution in [2.24, 2.45) is 11.8 Å². The highest BCUT2D eigenvalue weighted by atomic mass is 35.5. The fourth-order valence-corrected chi connectivity index (χ4v) is 8.80. The van der Waals surface area contributed by atoms with Gasteiger partial charge in [0, 0.05) is 23.4 Å². The third-order valence-electron chi connectivity index (χ3n) is 7.54. The zero-order valence-electron chi connectivity index (χ0n) is 19.0. The van der Waals surface area contributed by atoms with Crippen LogP contribution in [0.25, 0.3) is 0 Å². The summed E-state index contributed by atoms with van der Waals surface area (Å²) in [6.07, 6.45) is -2.12. The van der Waals surface area contributed by atoms with Gasteiger partial charge in [-0.3, -0.25) is 4.79 Å². The normalized spacial score (nSPS) is 31.0. The lowest BCUT2D eigenvalue weighted by Gasteiger charge is -2.42.